The molecule has 0 bridgehead atoms. The number of aromatic nitrogens is 2. The smallest absolute Gasteiger partial charge is 0.274 e. The average Bonchev–Trinajstić information content (AvgIpc) is 2.80. The number of para-hydroxylation sites is 2. The zero-order valence-corrected chi connectivity index (χ0v) is 18.9. The number of ether oxygens (including phenoxy) is 1. The number of anilines is 1. The van der Waals surface area contributed by atoms with E-state index in [1.807, 2.05) is 50.2 Å². The summed E-state index contributed by atoms with van der Waals surface area (Å²) in [6, 6.07) is 15.1. The first-order valence-electron chi connectivity index (χ1n) is 11.2. The minimum absolute atomic E-state index is 0.0211. The summed E-state index contributed by atoms with van der Waals surface area (Å²) in [5, 5.41) is 8.75. The summed E-state index contributed by atoms with van der Waals surface area (Å²) in [7, 11) is 1.67. The number of rotatable bonds is 6. The minimum atomic E-state index is -0.245. The molecule has 2 heterocycles. The predicted molar refractivity (Wildman–Crippen MR) is 127 cm³/mol. The number of benzene rings is 2. The molecule has 1 aliphatic heterocycles. The molecule has 0 saturated carbocycles. The van der Waals surface area contributed by atoms with Crippen molar-refractivity contribution >= 4 is 22.4 Å². The van der Waals surface area contributed by atoms with E-state index in [0.717, 1.165) is 30.8 Å². The number of fused-ring (bicyclic) bond motifs is 1. The second-order valence-electron chi connectivity index (χ2n) is 8.71. The van der Waals surface area contributed by atoms with Gasteiger partial charge >= 0.3 is 0 Å². The van der Waals surface area contributed by atoms with Crippen LogP contribution in [0.5, 0.6) is 5.75 Å². The number of nitrogens with zero attached hydrogens (tertiary/aromatic N) is 3. The monoisotopic (exact) mass is 434 g/mol. The van der Waals surface area contributed by atoms with Gasteiger partial charge in [-0.15, -0.1) is 0 Å². The van der Waals surface area contributed by atoms with Crippen molar-refractivity contribution in [3.8, 4) is 5.75 Å². The van der Waals surface area contributed by atoms with Crippen LogP contribution in [-0.2, 0) is 6.54 Å². The topological polar surface area (TPSA) is 76.5 Å². The molecule has 1 aliphatic rings. The standard InChI is InChI=1S/C25H30N4O3/c1-17(2)15-29-25(31)20-11-5-4-10-19(20)23(27-29)24(30)26-18-9-8-14-28(16-18)21-12-6-7-13-22(21)32-3/h4-7,10-13,17-18H,8-9,14-16H2,1-3H3,(H,26,30). The van der Waals surface area contributed by atoms with Crippen molar-refractivity contribution in [3.63, 3.8) is 0 Å². The lowest BCUT2D eigenvalue weighted by Gasteiger charge is -2.35. The molecule has 1 aromatic heterocycles. The highest BCUT2D eigenvalue weighted by atomic mass is 16.5. The molecule has 7 heteroatoms. The molecule has 7 nitrogen and oxygen atoms in total. The summed E-state index contributed by atoms with van der Waals surface area (Å²) in [5.41, 5.74) is 1.17. The van der Waals surface area contributed by atoms with Gasteiger partial charge in [-0.3, -0.25) is 9.59 Å². The van der Waals surface area contributed by atoms with Crippen molar-refractivity contribution in [2.24, 2.45) is 5.92 Å². The van der Waals surface area contributed by atoms with Gasteiger partial charge in [-0.05, 0) is 37.0 Å². The SMILES string of the molecule is COc1ccccc1N1CCCC(NC(=O)c2nn(CC(C)C)c(=O)c3ccccc23)C1. The summed E-state index contributed by atoms with van der Waals surface area (Å²) in [5.74, 6) is 0.823. The van der Waals surface area contributed by atoms with Crippen LogP contribution in [0.4, 0.5) is 5.69 Å². The molecule has 1 amide bonds. The number of piperidine rings is 1. The van der Waals surface area contributed by atoms with Crippen LogP contribution in [0, 0.1) is 5.92 Å². The van der Waals surface area contributed by atoms with Crippen molar-refractivity contribution in [3.05, 3.63) is 64.6 Å². The first kappa shape index (κ1) is 21.9. The van der Waals surface area contributed by atoms with Crippen molar-refractivity contribution in [1.29, 1.82) is 0 Å². The maximum atomic E-state index is 13.3. The summed E-state index contributed by atoms with van der Waals surface area (Å²) in [6.45, 7) is 6.12. The van der Waals surface area contributed by atoms with Crippen LogP contribution in [0.25, 0.3) is 10.8 Å². The molecule has 1 atom stereocenters. The largest absolute Gasteiger partial charge is 0.495 e. The van der Waals surface area contributed by atoms with E-state index in [1.165, 1.54) is 4.68 Å². The van der Waals surface area contributed by atoms with Crippen LogP contribution in [-0.4, -0.2) is 41.9 Å². The molecule has 0 aliphatic carbocycles. The summed E-state index contributed by atoms with van der Waals surface area (Å²) in [6.07, 6.45) is 1.85. The van der Waals surface area contributed by atoms with E-state index in [4.69, 9.17) is 4.74 Å². The molecular formula is C25H30N4O3. The third kappa shape index (κ3) is 4.47. The zero-order valence-electron chi connectivity index (χ0n) is 18.9. The van der Waals surface area contributed by atoms with Crippen LogP contribution < -0.4 is 20.5 Å². The van der Waals surface area contributed by atoms with E-state index in [2.05, 4.69) is 15.3 Å². The van der Waals surface area contributed by atoms with Gasteiger partial charge in [0.2, 0.25) is 0 Å². The van der Waals surface area contributed by atoms with Gasteiger partial charge in [0.15, 0.2) is 5.69 Å². The van der Waals surface area contributed by atoms with Crippen LogP contribution in [0.2, 0.25) is 0 Å². The Kier molecular flexibility index (Phi) is 6.44. The van der Waals surface area contributed by atoms with E-state index in [1.54, 1.807) is 19.2 Å². The second kappa shape index (κ2) is 9.42. The van der Waals surface area contributed by atoms with Crippen molar-refractivity contribution in [2.45, 2.75) is 39.3 Å². The molecule has 4 rings (SSSR count). The molecule has 1 saturated heterocycles. The second-order valence-corrected chi connectivity index (χ2v) is 8.71. The number of carbonyl (C=O) groups excluding carboxylic acids is 1. The van der Waals surface area contributed by atoms with Gasteiger partial charge in [-0.25, -0.2) is 4.68 Å². The van der Waals surface area contributed by atoms with Gasteiger partial charge in [0.25, 0.3) is 11.5 Å². The number of carbonyl (C=O) groups is 1. The lowest BCUT2D eigenvalue weighted by Crippen LogP contribution is -2.48. The Bertz CT molecular complexity index is 1170. The van der Waals surface area contributed by atoms with E-state index in [0.29, 0.717) is 29.6 Å². The Morgan fingerprint density at radius 2 is 1.88 bits per heavy atom. The van der Waals surface area contributed by atoms with Crippen LogP contribution in [0.3, 0.4) is 0 Å². The van der Waals surface area contributed by atoms with Crippen molar-refractivity contribution in [1.82, 2.24) is 15.1 Å². The van der Waals surface area contributed by atoms with Crippen LogP contribution in [0.15, 0.2) is 53.3 Å². The lowest BCUT2D eigenvalue weighted by atomic mass is 10.0. The van der Waals surface area contributed by atoms with E-state index in [-0.39, 0.29) is 23.4 Å². The Hall–Kier alpha value is -3.35. The predicted octanol–water partition coefficient (Wildman–Crippen LogP) is 3.46. The highest BCUT2D eigenvalue weighted by molar-refractivity contribution is 6.04. The number of methoxy groups -OCH3 is 1. The highest BCUT2D eigenvalue weighted by Gasteiger charge is 2.25. The number of hydrogen-bond donors (Lipinski definition) is 1. The van der Waals surface area contributed by atoms with E-state index >= 15 is 0 Å². The normalized spacial score (nSPS) is 16.4. The van der Waals surface area contributed by atoms with E-state index in [9.17, 15) is 9.59 Å². The average molecular weight is 435 g/mol. The molecule has 2 aromatic carbocycles. The fourth-order valence-electron chi connectivity index (χ4n) is 4.33. The molecule has 32 heavy (non-hydrogen) atoms. The molecule has 1 N–H and O–H groups in total. The molecule has 3 aromatic rings. The Morgan fingerprint density at radius 3 is 2.62 bits per heavy atom. The third-order valence-electron chi connectivity index (χ3n) is 5.80. The summed E-state index contributed by atoms with van der Waals surface area (Å²) < 4.78 is 6.94. The van der Waals surface area contributed by atoms with E-state index < -0.39 is 0 Å². The Balaban J connectivity index is 1.60. The fourth-order valence-corrected chi connectivity index (χ4v) is 4.33. The van der Waals surface area contributed by atoms with Gasteiger partial charge in [0.05, 0.1) is 18.2 Å². The maximum absolute atomic E-state index is 13.3. The Labute approximate surface area is 188 Å². The summed E-state index contributed by atoms with van der Waals surface area (Å²) in [4.78, 5) is 28.4. The highest BCUT2D eigenvalue weighted by Crippen LogP contribution is 2.30. The number of amides is 1. The first-order chi connectivity index (χ1) is 15.5. The van der Waals surface area contributed by atoms with Gasteiger partial charge in [0, 0.05) is 31.1 Å². The molecule has 1 fully saturated rings. The molecule has 0 spiro atoms. The lowest BCUT2D eigenvalue weighted by molar-refractivity contribution is 0.0927. The molecule has 0 radical (unpaired) electrons. The maximum Gasteiger partial charge on any atom is 0.274 e. The number of nitrogens with one attached hydrogen (secondary N) is 1. The quantitative estimate of drug-likeness (QED) is 0.643. The van der Waals surface area contributed by atoms with Gasteiger partial charge < -0.3 is 15.0 Å². The van der Waals surface area contributed by atoms with Crippen molar-refractivity contribution in [2.75, 3.05) is 25.1 Å². The van der Waals surface area contributed by atoms with Crippen LogP contribution in [0.1, 0.15) is 37.2 Å². The zero-order chi connectivity index (χ0) is 22.7. The summed E-state index contributed by atoms with van der Waals surface area (Å²) >= 11 is 0. The van der Waals surface area contributed by atoms with Gasteiger partial charge in [0.1, 0.15) is 5.75 Å². The van der Waals surface area contributed by atoms with Crippen LogP contribution >= 0.6 is 0 Å². The van der Waals surface area contributed by atoms with Gasteiger partial charge in [-0.2, -0.15) is 5.10 Å². The minimum Gasteiger partial charge on any atom is -0.495 e. The third-order valence-corrected chi connectivity index (χ3v) is 5.80. The van der Waals surface area contributed by atoms with Crippen molar-refractivity contribution < 1.29 is 9.53 Å². The van der Waals surface area contributed by atoms with Gasteiger partial charge in [-0.1, -0.05) is 44.2 Å². The number of hydrogen-bond acceptors (Lipinski definition) is 5. The molecule has 1 unspecified atom stereocenters. The first-order valence-corrected chi connectivity index (χ1v) is 11.2. The molecular weight excluding hydrogens is 404 g/mol. The Morgan fingerprint density at radius 1 is 1.16 bits per heavy atom. The fraction of sp³-hybridized carbons (Fsp3) is 0.400. The molecule has 168 valence electrons.